The second-order valence-electron chi connectivity index (χ2n) is 4.99. The third kappa shape index (κ3) is 4.96. The van der Waals surface area contributed by atoms with Crippen molar-refractivity contribution in [1.82, 2.24) is 10.3 Å². The number of urea groups is 1. The lowest BCUT2D eigenvalue weighted by Gasteiger charge is -2.19. The molecule has 3 N–H and O–H groups in total. The molecule has 0 aliphatic carbocycles. The zero-order chi connectivity index (χ0) is 16.5. The highest BCUT2D eigenvalue weighted by molar-refractivity contribution is 5.90. The number of anilines is 1. The molecule has 1 aromatic carbocycles. The fourth-order valence-electron chi connectivity index (χ4n) is 2.27. The minimum atomic E-state index is -0.344. The number of aliphatic hydroxyl groups excluding tert-OH is 1. The van der Waals surface area contributed by atoms with Crippen LogP contribution in [0, 0.1) is 0 Å². The summed E-state index contributed by atoms with van der Waals surface area (Å²) in [5.41, 5.74) is 1.50. The van der Waals surface area contributed by atoms with E-state index in [1.165, 1.54) is 7.11 Å². The fourth-order valence-corrected chi connectivity index (χ4v) is 2.27. The number of carbonyl (C=O) groups excluding carboxylic acids is 1. The average molecular weight is 315 g/mol. The van der Waals surface area contributed by atoms with Gasteiger partial charge in [-0.3, -0.25) is 0 Å². The Hall–Kier alpha value is -2.60. The van der Waals surface area contributed by atoms with Gasteiger partial charge in [0, 0.05) is 12.8 Å². The van der Waals surface area contributed by atoms with E-state index in [1.807, 2.05) is 30.3 Å². The molecular weight excluding hydrogens is 294 g/mol. The highest BCUT2D eigenvalue weighted by atomic mass is 16.5. The number of rotatable bonds is 7. The van der Waals surface area contributed by atoms with Gasteiger partial charge in [0.05, 0.1) is 13.2 Å². The number of nitrogens with one attached hydrogen (secondary N) is 2. The fraction of sp³-hybridized carbons (Fsp3) is 0.294. The van der Waals surface area contributed by atoms with Crippen LogP contribution in [-0.4, -0.2) is 29.8 Å². The summed E-state index contributed by atoms with van der Waals surface area (Å²) in [6.07, 6.45) is 2.85. The monoisotopic (exact) mass is 315 g/mol. The molecule has 2 rings (SSSR count). The normalized spacial score (nSPS) is 11.6. The number of ether oxygens (including phenoxy) is 1. The van der Waals surface area contributed by atoms with Crippen LogP contribution in [0.5, 0.6) is 5.88 Å². The number of benzene rings is 1. The lowest BCUT2D eigenvalue weighted by Crippen LogP contribution is -2.33. The van der Waals surface area contributed by atoms with Crippen molar-refractivity contribution in [2.75, 3.05) is 19.0 Å². The second-order valence-corrected chi connectivity index (χ2v) is 4.99. The maximum atomic E-state index is 12.3. The summed E-state index contributed by atoms with van der Waals surface area (Å²) in [6, 6.07) is 12.6. The lowest BCUT2D eigenvalue weighted by molar-refractivity contribution is 0.243. The molecule has 0 saturated heterocycles. The van der Waals surface area contributed by atoms with Gasteiger partial charge in [0.25, 0.3) is 0 Å². The lowest BCUT2D eigenvalue weighted by atomic mass is 10.0. The number of amides is 2. The molecule has 2 amide bonds. The first-order chi connectivity index (χ1) is 11.2. The Labute approximate surface area is 135 Å². The van der Waals surface area contributed by atoms with Crippen LogP contribution in [0.2, 0.25) is 0 Å². The molecule has 1 aromatic heterocycles. The summed E-state index contributed by atoms with van der Waals surface area (Å²) < 4.78 is 5.11. The minimum Gasteiger partial charge on any atom is -0.480 e. The predicted molar refractivity (Wildman–Crippen MR) is 88.4 cm³/mol. The molecule has 1 atom stereocenters. The molecule has 0 saturated carbocycles. The van der Waals surface area contributed by atoms with Crippen molar-refractivity contribution >= 4 is 11.7 Å². The zero-order valence-electron chi connectivity index (χ0n) is 13.0. The van der Waals surface area contributed by atoms with E-state index >= 15 is 0 Å². The van der Waals surface area contributed by atoms with E-state index in [2.05, 4.69) is 15.6 Å². The minimum absolute atomic E-state index is 0.0864. The van der Waals surface area contributed by atoms with Crippen LogP contribution in [0.3, 0.4) is 0 Å². The number of methoxy groups -OCH3 is 1. The van der Waals surface area contributed by atoms with E-state index in [4.69, 9.17) is 9.84 Å². The average Bonchev–Trinajstić information content (AvgIpc) is 2.59. The Morgan fingerprint density at radius 2 is 2.04 bits per heavy atom. The van der Waals surface area contributed by atoms with Gasteiger partial charge in [0.2, 0.25) is 5.88 Å². The Morgan fingerprint density at radius 1 is 1.26 bits per heavy atom. The van der Waals surface area contributed by atoms with Crippen molar-refractivity contribution < 1.29 is 14.6 Å². The van der Waals surface area contributed by atoms with Crippen molar-refractivity contribution in [2.24, 2.45) is 0 Å². The summed E-state index contributed by atoms with van der Waals surface area (Å²) >= 11 is 0. The first kappa shape index (κ1) is 16.8. The van der Waals surface area contributed by atoms with Crippen LogP contribution < -0.4 is 15.4 Å². The Morgan fingerprint density at radius 3 is 2.74 bits per heavy atom. The second kappa shape index (κ2) is 8.75. The van der Waals surface area contributed by atoms with Gasteiger partial charge >= 0.3 is 6.03 Å². The van der Waals surface area contributed by atoms with Crippen molar-refractivity contribution in [3.63, 3.8) is 0 Å². The smallest absolute Gasteiger partial charge is 0.319 e. The van der Waals surface area contributed by atoms with E-state index in [-0.39, 0.29) is 18.7 Å². The summed E-state index contributed by atoms with van der Waals surface area (Å²) in [7, 11) is 1.50. The topological polar surface area (TPSA) is 83.5 Å². The van der Waals surface area contributed by atoms with Gasteiger partial charge in [0.1, 0.15) is 5.69 Å². The number of hydrogen-bond donors (Lipinski definition) is 3. The summed E-state index contributed by atoms with van der Waals surface area (Å²) in [5.74, 6) is 0.356. The Kier molecular flexibility index (Phi) is 6.38. The van der Waals surface area contributed by atoms with E-state index in [0.29, 0.717) is 24.4 Å². The third-order valence-electron chi connectivity index (χ3n) is 3.37. The van der Waals surface area contributed by atoms with E-state index in [1.54, 1.807) is 18.3 Å². The SMILES string of the molecule is COc1ncccc1NC(=O)NC(CCCO)c1ccccc1. The summed E-state index contributed by atoms with van der Waals surface area (Å²) in [4.78, 5) is 16.3. The highest BCUT2D eigenvalue weighted by Crippen LogP contribution is 2.21. The maximum Gasteiger partial charge on any atom is 0.319 e. The van der Waals surface area contributed by atoms with Gasteiger partial charge in [0.15, 0.2) is 0 Å². The standard InChI is InChI=1S/C17H21N3O3/c1-23-16-15(9-5-11-18-16)20-17(22)19-14(10-6-12-21)13-7-3-2-4-8-13/h2-5,7-9,11,14,21H,6,10,12H2,1H3,(H2,19,20,22). The number of nitrogens with zero attached hydrogens (tertiary/aromatic N) is 1. The molecule has 1 unspecified atom stereocenters. The first-order valence-corrected chi connectivity index (χ1v) is 7.47. The molecule has 6 nitrogen and oxygen atoms in total. The van der Waals surface area contributed by atoms with E-state index in [9.17, 15) is 4.79 Å². The van der Waals surface area contributed by atoms with Crippen LogP contribution in [0.1, 0.15) is 24.4 Å². The van der Waals surface area contributed by atoms with Crippen LogP contribution in [0.15, 0.2) is 48.7 Å². The molecule has 1 heterocycles. The predicted octanol–water partition coefficient (Wildman–Crippen LogP) is 2.73. The van der Waals surface area contributed by atoms with Gasteiger partial charge in [-0.1, -0.05) is 30.3 Å². The number of carbonyl (C=O) groups is 1. The zero-order valence-corrected chi connectivity index (χ0v) is 13.0. The van der Waals surface area contributed by atoms with Crippen molar-refractivity contribution in [3.05, 3.63) is 54.2 Å². The molecule has 122 valence electrons. The van der Waals surface area contributed by atoms with Gasteiger partial charge in [-0.15, -0.1) is 0 Å². The van der Waals surface area contributed by atoms with Crippen molar-refractivity contribution in [1.29, 1.82) is 0 Å². The van der Waals surface area contributed by atoms with Crippen LogP contribution in [0.4, 0.5) is 10.5 Å². The molecule has 0 spiro atoms. The number of aromatic nitrogens is 1. The molecule has 0 bridgehead atoms. The quantitative estimate of drug-likeness (QED) is 0.733. The van der Waals surface area contributed by atoms with Crippen LogP contribution >= 0.6 is 0 Å². The molecule has 0 radical (unpaired) electrons. The molecular formula is C17H21N3O3. The van der Waals surface area contributed by atoms with Crippen LogP contribution in [-0.2, 0) is 0 Å². The van der Waals surface area contributed by atoms with Gasteiger partial charge in [-0.2, -0.15) is 0 Å². The Bertz CT molecular complexity index is 619. The number of hydrogen-bond acceptors (Lipinski definition) is 4. The van der Waals surface area contributed by atoms with E-state index in [0.717, 1.165) is 5.56 Å². The largest absolute Gasteiger partial charge is 0.480 e. The maximum absolute atomic E-state index is 12.3. The summed E-state index contributed by atoms with van der Waals surface area (Å²) in [6.45, 7) is 0.0864. The summed E-state index contributed by atoms with van der Waals surface area (Å²) in [5, 5.41) is 14.7. The van der Waals surface area contributed by atoms with Gasteiger partial charge < -0.3 is 20.5 Å². The molecule has 23 heavy (non-hydrogen) atoms. The third-order valence-corrected chi connectivity index (χ3v) is 3.37. The van der Waals surface area contributed by atoms with Gasteiger partial charge in [-0.05, 0) is 30.5 Å². The highest BCUT2D eigenvalue weighted by Gasteiger charge is 2.15. The molecule has 0 fully saturated rings. The molecule has 0 aliphatic heterocycles. The molecule has 2 aromatic rings. The molecule has 6 heteroatoms. The van der Waals surface area contributed by atoms with Crippen molar-refractivity contribution in [3.8, 4) is 5.88 Å². The van der Waals surface area contributed by atoms with Crippen molar-refractivity contribution in [2.45, 2.75) is 18.9 Å². The van der Waals surface area contributed by atoms with E-state index < -0.39 is 0 Å². The number of pyridine rings is 1. The first-order valence-electron chi connectivity index (χ1n) is 7.47. The van der Waals surface area contributed by atoms with Gasteiger partial charge in [-0.25, -0.2) is 9.78 Å². The number of aliphatic hydroxyl groups is 1. The van der Waals surface area contributed by atoms with Crippen LogP contribution in [0.25, 0.3) is 0 Å². The molecule has 0 aliphatic rings. The Balaban J connectivity index is 2.05.